The molecule has 0 aromatic carbocycles. The second-order valence-electron chi connectivity index (χ2n) is 4.79. The number of amides is 1. The summed E-state index contributed by atoms with van der Waals surface area (Å²) in [6.07, 6.45) is 3.23. The Morgan fingerprint density at radius 1 is 1.67 bits per heavy atom. The van der Waals surface area contributed by atoms with E-state index >= 15 is 0 Å². The number of hydrogen-bond donors (Lipinski definition) is 2. The lowest BCUT2D eigenvalue weighted by atomic mass is 10.1. The fourth-order valence-electron chi connectivity index (χ4n) is 1.85. The van der Waals surface area contributed by atoms with Gasteiger partial charge in [0.25, 0.3) is 0 Å². The number of aromatic nitrogens is 1. The lowest BCUT2D eigenvalue weighted by molar-refractivity contribution is -0.119. The molecule has 0 spiro atoms. The first-order chi connectivity index (χ1) is 8.58. The molecule has 1 saturated carbocycles. The molecule has 0 saturated heterocycles. The highest BCUT2D eigenvalue weighted by molar-refractivity contribution is 5.81. The minimum atomic E-state index is -0.595. The number of pyridine rings is 1. The van der Waals surface area contributed by atoms with Gasteiger partial charge in [-0.1, -0.05) is 6.07 Å². The van der Waals surface area contributed by atoms with Crippen LogP contribution >= 0.6 is 0 Å². The van der Waals surface area contributed by atoms with Crippen molar-refractivity contribution in [1.29, 1.82) is 0 Å². The van der Waals surface area contributed by atoms with E-state index in [1.54, 1.807) is 31.1 Å². The molecule has 1 aromatic heterocycles. The first kappa shape index (κ1) is 12.8. The van der Waals surface area contributed by atoms with Crippen LogP contribution in [0.15, 0.2) is 18.3 Å². The summed E-state index contributed by atoms with van der Waals surface area (Å²) in [7, 11) is 1.81. The quantitative estimate of drug-likeness (QED) is 0.812. The third-order valence-electron chi connectivity index (χ3n) is 2.95. The molecule has 0 radical (unpaired) electrons. The molecule has 1 aliphatic rings. The van der Waals surface area contributed by atoms with Crippen molar-refractivity contribution in [3.8, 4) is 0 Å². The summed E-state index contributed by atoms with van der Waals surface area (Å²) in [6, 6.07) is 3.97. The molecule has 1 aliphatic carbocycles. The molecule has 1 aromatic rings. The first-order valence-corrected chi connectivity index (χ1v) is 6.21. The summed E-state index contributed by atoms with van der Waals surface area (Å²) in [6.45, 7) is 1.95. The standard InChI is InChI=1S/C13H19N3O2/c1-9(17)11-4-3-7-14-13(11)16(2)8-12(18)15-10-5-6-10/h3-4,7,9-10,17H,5-6,8H2,1-2H3,(H,15,18). The van der Waals surface area contributed by atoms with Crippen LogP contribution in [0.25, 0.3) is 0 Å². The molecule has 2 rings (SSSR count). The molecule has 1 unspecified atom stereocenters. The number of aliphatic hydroxyl groups is 1. The number of hydrogen-bond acceptors (Lipinski definition) is 4. The lowest BCUT2D eigenvalue weighted by Gasteiger charge is -2.21. The number of nitrogens with zero attached hydrogens (tertiary/aromatic N) is 2. The van der Waals surface area contributed by atoms with Crippen molar-refractivity contribution >= 4 is 11.7 Å². The van der Waals surface area contributed by atoms with E-state index in [-0.39, 0.29) is 12.5 Å². The Labute approximate surface area is 107 Å². The van der Waals surface area contributed by atoms with E-state index in [1.807, 2.05) is 6.07 Å². The summed E-state index contributed by atoms with van der Waals surface area (Å²) in [4.78, 5) is 17.7. The molecule has 2 N–H and O–H groups in total. The maximum atomic E-state index is 11.7. The van der Waals surface area contributed by atoms with Gasteiger partial charge >= 0.3 is 0 Å². The zero-order chi connectivity index (χ0) is 13.1. The van der Waals surface area contributed by atoms with Crippen molar-refractivity contribution in [2.75, 3.05) is 18.5 Å². The van der Waals surface area contributed by atoms with Crippen LogP contribution in [0.4, 0.5) is 5.82 Å². The third kappa shape index (κ3) is 3.20. The van der Waals surface area contributed by atoms with Crippen LogP contribution in [-0.2, 0) is 4.79 Å². The van der Waals surface area contributed by atoms with Gasteiger partial charge in [-0.2, -0.15) is 0 Å². The average molecular weight is 249 g/mol. The maximum absolute atomic E-state index is 11.7. The normalized spacial score (nSPS) is 16.2. The van der Waals surface area contributed by atoms with Crippen molar-refractivity contribution in [2.45, 2.75) is 31.9 Å². The van der Waals surface area contributed by atoms with Crippen molar-refractivity contribution in [2.24, 2.45) is 0 Å². The molecular weight excluding hydrogens is 230 g/mol. The molecule has 18 heavy (non-hydrogen) atoms. The largest absolute Gasteiger partial charge is 0.389 e. The number of rotatable bonds is 5. The number of anilines is 1. The lowest BCUT2D eigenvalue weighted by Crippen LogP contribution is -2.37. The second kappa shape index (κ2) is 5.35. The second-order valence-corrected chi connectivity index (χ2v) is 4.79. The summed E-state index contributed by atoms with van der Waals surface area (Å²) >= 11 is 0. The van der Waals surface area contributed by atoms with Crippen LogP contribution in [0.3, 0.4) is 0 Å². The highest BCUT2D eigenvalue weighted by atomic mass is 16.3. The Bertz CT molecular complexity index is 430. The number of carbonyl (C=O) groups is 1. The predicted molar refractivity (Wildman–Crippen MR) is 69.3 cm³/mol. The Hall–Kier alpha value is -1.62. The fraction of sp³-hybridized carbons (Fsp3) is 0.538. The summed E-state index contributed by atoms with van der Waals surface area (Å²) in [5.41, 5.74) is 0.735. The van der Waals surface area contributed by atoms with E-state index in [9.17, 15) is 9.90 Å². The van der Waals surface area contributed by atoms with Gasteiger partial charge in [-0.3, -0.25) is 4.79 Å². The Morgan fingerprint density at radius 2 is 2.39 bits per heavy atom. The molecule has 5 heteroatoms. The van der Waals surface area contributed by atoms with Crippen LogP contribution in [0.5, 0.6) is 0 Å². The zero-order valence-corrected chi connectivity index (χ0v) is 10.8. The third-order valence-corrected chi connectivity index (χ3v) is 2.95. The van der Waals surface area contributed by atoms with Gasteiger partial charge in [0.1, 0.15) is 5.82 Å². The monoisotopic (exact) mass is 249 g/mol. The van der Waals surface area contributed by atoms with Crippen LogP contribution in [0, 0.1) is 0 Å². The Balaban J connectivity index is 2.02. The summed E-state index contributed by atoms with van der Waals surface area (Å²) < 4.78 is 0. The van der Waals surface area contributed by atoms with Crippen molar-refractivity contribution in [3.05, 3.63) is 23.9 Å². The number of aliphatic hydroxyl groups excluding tert-OH is 1. The van der Waals surface area contributed by atoms with Crippen molar-refractivity contribution < 1.29 is 9.90 Å². The van der Waals surface area contributed by atoms with Crippen LogP contribution < -0.4 is 10.2 Å². The van der Waals surface area contributed by atoms with E-state index in [2.05, 4.69) is 10.3 Å². The SMILES string of the molecule is CC(O)c1cccnc1N(C)CC(=O)NC1CC1. The average Bonchev–Trinajstić information content (AvgIpc) is 3.12. The van der Waals surface area contributed by atoms with Crippen LogP contribution in [0.1, 0.15) is 31.4 Å². The Morgan fingerprint density at radius 3 is 3.00 bits per heavy atom. The molecule has 0 aliphatic heterocycles. The smallest absolute Gasteiger partial charge is 0.239 e. The molecule has 1 heterocycles. The highest BCUT2D eigenvalue weighted by Crippen LogP contribution is 2.23. The molecule has 1 amide bonds. The van der Waals surface area contributed by atoms with E-state index in [0.29, 0.717) is 11.9 Å². The van der Waals surface area contributed by atoms with Gasteiger partial charge in [0.05, 0.1) is 12.6 Å². The molecular formula is C13H19N3O2. The van der Waals surface area contributed by atoms with Gasteiger partial charge in [0.2, 0.25) is 5.91 Å². The van der Waals surface area contributed by atoms with Gasteiger partial charge in [0, 0.05) is 24.8 Å². The molecule has 1 atom stereocenters. The van der Waals surface area contributed by atoms with Gasteiger partial charge < -0.3 is 15.3 Å². The zero-order valence-electron chi connectivity index (χ0n) is 10.8. The number of carbonyl (C=O) groups excluding carboxylic acids is 1. The van der Waals surface area contributed by atoms with Crippen molar-refractivity contribution in [1.82, 2.24) is 10.3 Å². The minimum absolute atomic E-state index is 0.00203. The first-order valence-electron chi connectivity index (χ1n) is 6.21. The highest BCUT2D eigenvalue weighted by Gasteiger charge is 2.24. The van der Waals surface area contributed by atoms with Gasteiger partial charge in [-0.25, -0.2) is 4.98 Å². The van der Waals surface area contributed by atoms with E-state index in [0.717, 1.165) is 18.4 Å². The molecule has 98 valence electrons. The van der Waals surface area contributed by atoms with E-state index < -0.39 is 6.10 Å². The molecule has 1 fully saturated rings. The fourth-order valence-corrected chi connectivity index (χ4v) is 1.85. The van der Waals surface area contributed by atoms with Gasteiger partial charge in [0.15, 0.2) is 0 Å². The predicted octanol–water partition coefficient (Wildman–Crippen LogP) is 0.850. The Kier molecular flexibility index (Phi) is 3.81. The number of nitrogens with one attached hydrogen (secondary N) is 1. The van der Waals surface area contributed by atoms with E-state index in [4.69, 9.17) is 0 Å². The summed E-state index contributed by atoms with van der Waals surface area (Å²) in [5, 5.41) is 12.6. The topological polar surface area (TPSA) is 65.5 Å². The van der Waals surface area contributed by atoms with Gasteiger partial charge in [-0.05, 0) is 25.8 Å². The summed E-state index contributed by atoms with van der Waals surface area (Å²) in [5.74, 6) is 0.653. The number of likely N-dealkylation sites (N-methyl/N-ethyl adjacent to an activating group) is 1. The van der Waals surface area contributed by atoms with Crippen LogP contribution in [-0.4, -0.2) is 35.6 Å². The van der Waals surface area contributed by atoms with E-state index in [1.165, 1.54) is 0 Å². The molecule has 0 bridgehead atoms. The van der Waals surface area contributed by atoms with Crippen molar-refractivity contribution in [3.63, 3.8) is 0 Å². The van der Waals surface area contributed by atoms with Gasteiger partial charge in [-0.15, -0.1) is 0 Å². The maximum Gasteiger partial charge on any atom is 0.239 e. The van der Waals surface area contributed by atoms with Crippen LogP contribution in [0.2, 0.25) is 0 Å². The minimum Gasteiger partial charge on any atom is -0.389 e. The molecule has 5 nitrogen and oxygen atoms in total.